The van der Waals surface area contributed by atoms with Gasteiger partial charge in [-0.3, -0.25) is 0 Å². The molecule has 0 amide bonds. The normalized spacial score (nSPS) is 17.0. The fourth-order valence-electron chi connectivity index (χ4n) is 3.76. The van der Waals surface area contributed by atoms with Crippen LogP contribution in [-0.4, -0.2) is 42.8 Å². The Morgan fingerprint density at radius 3 is 2.77 bits per heavy atom. The number of thioether (sulfide) groups is 1. The molecule has 4 aromatic heterocycles. The SMILES string of the molecule is CSc1ncc(C)c(-c2nn(C3CCCCO3)c3nc(-c4conc4C)ccc23)n1. The van der Waals surface area contributed by atoms with Crippen molar-refractivity contribution in [1.29, 1.82) is 0 Å². The maximum absolute atomic E-state index is 6.04. The fourth-order valence-corrected chi connectivity index (χ4v) is 4.10. The van der Waals surface area contributed by atoms with E-state index in [9.17, 15) is 0 Å². The van der Waals surface area contributed by atoms with E-state index < -0.39 is 0 Å². The second-order valence-electron chi connectivity index (χ2n) is 7.38. The van der Waals surface area contributed by atoms with Gasteiger partial charge in [-0.25, -0.2) is 19.6 Å². The lowest BCUT2D eigenvalue weighted by molar-refractivity contribution is -0.0368. The number of aryl methyl sites for hydroxylation is 2. The third kappa shape index (κ3) is 3.27. The molecule has 1 aliphatic rings. The second-order valence-corrected chi connectivity index (χ2v) is 8.16. The van der Waals surface area contributed by atoms with Crippen LogP contribution in [0.15, 0.2) is 34.3 Å². The van der Waals surface area contributed by atoms with Gasteiger partial charge in [0.15, 0.2) is 17.0 Å². The lowest BCUT2D eigenvalue weighted by Crippen LogP contribution is -2.19. The third-order valence-electron chi connectivity index (χ3n) is 5.37. The van der Waals surface area contributed by atoms with E-state index in [4.69, 9.17) is 24.3 Å². The molecule has 0 aromatic carbocycles. The summed E-state index contributed by atoms with van der Waals surface area (Å²) < 4.78 is 13.1. The first-order valence-electron chi connectivity index (χ1n) is 9.96. The first-order chi connectivity index (χ1) is 14.7. The van der Waals surface area contributed by atoms with Crippen LogP contribution in [0.4, 0.5) is 0 Å². The average molecular weight is 423 g/mol. The van der Waals surface area contributed by atoms with E-state index in [-0.39, 0.29) is 6.23 Å². The first kappa shape index (κ1) is 19.2. The van der Waals surface area contributed by atoms with E-state index >= 15 is 0 Å². The van der Waals surface area contributed by atoms with Crippen LogP contribution in [0.5, 0.6) is 0 Å². The number of fused-ring (bicyclic) bond motifs is 1. The van der Waals surface area contributed by atoms with Gasteiger partial charge in [-0.2, -0.15) is 5.10 Å². The molecule has 5 rings (SSSR count). The molecule has 1 aliphatic heterocycles. The zero-order valence-corrected chi connectivity index (χ0v) is 17.9. The number of pyridine rings is 1. The van der Waals surface area contributed by atoms with Gasteiger partial charge in [0.25, 0.3) is 0 Å². The summed E-state index contributed by atoms with van der Waals surface area (Å²) in [6.45, 7) is 4.64. The Kier molecular flexibility index (Phi) is 5.00. The van der Waals surface area contributed by atoms with Gasteiger partial charge in [0.2, 0.25) is 0 Å². The highest BCUT2D eigenvalue weighted by Gasteiger charge is 2.25. The summed E-state index contributed by atoms with van der Waals surface area (Å²) in [7, 11) is 0. The van der Waals surface area contributed by atoms with Gasteiger partial charge < -0.3 is 9.26 Å². The summed E-state index contributed by atoms with van der Waals surface area (Å²) in [5.41, 5.74) is 5.85. The van der Waals surface area contributed by atoms with E-state index in [1.54, 1.807) is 6.26 Å². The van der Waals surface area contributed by atoms with Gasteiger partial charge in [0.1, 0.15) is 12.0 Å². The van der Waals surface area contributed by atoms with Crippen molar-refractivity contribution >= 4 is 22.8 Å². The molecule has 4 aromatic rings. The predicted octanol–water partition coefficient (Wildman–Crippen LogP) is 4.58. The van der Waals surface area contributed by atoms with Crippen LogP contribution in [0.1, 0.15) is 36.7 Å². The van der Waals surface area contributed by atoms with Crippen molar-refractivity contribution in [2.24, 2.45) is 0 Å². The molecule has 0 spiro atoms. The highest BCUT2D eigenvalue weighted by Crippen LogP contribution is 2.34. The van der Waals surface area contributed by atoms with Crippen molar-refractivity contribution in [3.63, 3.8) is 0 Å². The van der Waals surface area contributed by atoms with Crippen LogP contribution in [-0.2, 0) is 4.74 Å². The van der Waals surface area contributed by atoms with Gasteiger partial charge in [0, 0.05) is 18.2 Å². The molecule has 0 bridgehead atoms. The van der Waals surface area contributed by atoms with Gasteiger partial charge in [-0.05, 0) is 57.1 Å². The van der Waals surface area contributed by atoms with Gasteiger partial charge >= 0.3 is 0 Å². The van der Waals surface area contributed by atoms with E-state index in [0.29, 0.717) is 0 Å². The molecule has 1 fully saturated rings. The highest BCUT2D eigenvalue weighted by atomic mass is 32.2. The van der Waals surface area contributed by atoms with E-state index in [0.717, 1.165) is 76.0 Å². The minimum atomic E-state index is -0.136. The molecule has 8 nitrogen and oxygen atoms in total. The maximum Gasteiger partial charge on any atom is 0.187 e. The number of rotatable bonds is 4. The Morgan fingerprint density at radius 1 is 1.13 bits per heavy atom. The van der Waals surface area contributed by atoms with Crippen LogP contribution in [0.3, 0.4) is 0 Å². The Hall–Kier alpha value is -2.78. The number of ether oxygens (including phenoxy) is 1. The molecule has 154 valence electrons. The molecule has 0 radical (unpaired) electrons. The molecule has 30 heavy (non-hydrogen) atoms. The summed E-state index contributed by atoms with van der Waals surface area (Å²) >= 11 is 1.51. The van der Waals surface area contributed by atoms with Gasteiger partial charge in [-0.15, -0.1) is 0 Å². The maximum atomic E-state index is 6.04. The molecule has 1 saturated heterocycles. The van der Waals surface area contributed by atoms with Crippen LogP contribution < -0.4 is 0 Å². The Morgan fingerprint density at radius 2 is 2.03 bits per heavy atom. The van der Waals surface area contributed by atoms with Crippen molar-refractivity contribution in [3.8, 4) is 22.6 Å². The lowest BCUT2D eigenvalue weighted by Gasteiger charge is -2.23. The molecule has 9 heteroatoms. The highest BCUT2D eigenvalue weighted by molar-refractivity contribution is 7.98. The molecular formula is C21H22N6O2S. The molecule has 1 atom stereocenters. The smallest absolute Gasteiger partial charge is 0.187 e. The Balaban J connectivity index is 1.73. The minimum Gasteiger partial charge on any atom is -0.364 e. The van der Waals surface area contributed by atoms with Crippen molar-refractivity contribution in [3.05, 3.63) is 35.9 Å². The first-order valence-corrected chi connectivity index (χ1v) is 11.2. The molecule has 5 heterocycles. The summed E-state index contributed by atoms with van der Waals surface area (Å²) in [5.74, 6) is 0. The Bertz CT molecular complexity index is 1210. The van der Waals surface area contributed by atoms with Crippen LogP contribution in [0.25, 0.3) is 33.7 Å². The molecule has 1 unspecified atom stereocenters. The topological polar surface area (TPSA) is 91.8 Å². The second kappa shape index (κ2) is 7.81. The van der Waals surface area contributed by atoms with Crippen LogP contribution in [0, 0.1) is 13.8 Å². The van der Waals surface area contributed by atoms with Crippen molar-refractivity contribution < 1.29 is 9.26 Å². The summed E-state index contributed by atoms with van der Waals surface area (Å²) in [4.78, 5) is 14.1. The van der Waals surface area contributed by atoms with Crippen LogP contribution in [0.2, 0.25) is 0 Å². The quantitative estimate of drug-likeness (QED) is 0.349. The summed E-state index contributed by atoms with van der Waals surface area (Å²) in [5, 5.41) is 10.6. The zero-order chi connectivity index (χ0) is 20.7. The fraction of sp³-hybridized carbons (Fsp3) is 0.381. The molecule has 0 N–H and O–H groups in total. The monoisotopic (exact) mass is 422 g/mol. The molecule has 0 saturated carbocycles. The molecule has 0 aliphatic carbocycles. The largest absolute Gasteiger partial charge is 0.364 e. The Labute approximate surface area is 178 Å². The van der Waals surface area contributed by atoms with Crippen molar-refractivity contribution in [2.45, 2.75) is 44.5 Å². The zero-order valence-electron chi connectivity index (χ0n) is 17.1. The van der Waals surface area contributed by atoms with E-state index in [2.05, 4.69) is 10.1 Å². The van der Waals surface area contributed by atoms with Crippen molar-refractivity contribution in [2.75, 3.05) is 12.9 Å². The number of hydrogen-bond donors (Lipinski definition) is 0. The van der Waals surface area contributed by atoms with Crippen molar-refractivity contribution in [1.82, 2.24) is 29.9 Å². The minimum absolute atomic E-state index is 0.136. The standard InChI is InChI=1S/C21H22N6O2S/c1-12-10-22-21(30-3)24-18(12)19-14-7-8-16(15-11-29-26-13(15)2)23-20(14)27(25-19)17-6-4-5-9-28-17/h7-8,10-11,17H,4-6,9H2,1-3H3. The number of aromatic nitrogens is 6. The number of hydrogen-bond acceptors (Lipinski definition) is 8. The van der Waals surface area contributed by atoms with Gasteiger partial charge in [0.05, 0.1) is 22.6 Å². The number of nitrogens with zero attached hydrogens (tertiary/aromatic N) is 6. The lowest BCUT2D eigenvalue weighted by atomic mass is 10.1. The summed E-state index contributed by atoms with van der Waals surface area (Å²) in [6, 6.07) is 4.02. The molecular weight excluding hydrogens is 400 g/mol. The van der Waals surface area contributed by atoms with Gasteiger partial charge in [-0.1, -0.05) is 16.9 Å². The third-order valence-corrected chi connectivity index (χ3v) is 5.93. The van der Waals surface area contributed by atoms with E-state index in [1.165, 1.54) is 11.8 Å². The summed E-state index contributed by atoms with van der Waals surface area (Å²) in [6.07, 6.45) is 8.39. The van der Waals surface area contributed by atoms with E-state index in [1.807, 2.05) is 43.1 Å². The average Bonchev–Trinajstić information content (AvgIpc) is 3.38. The predicted molar refractivity (Wildman–Crippen MR) is 114 cm³/mol. The van der Waals surface area contributed by atoms with Crippen LogP contribution >= 0.6 is 11.8 Å².